The molecule has 0 saturated heterocycles. The predicted molar refractivity (Wildman–Crippen MR) is 91.7 cm³/mol. The molecule has 2 aromatic rings. The highest BCUT2D eigenvalue weighted by Crippen LogP contribution is 2.28. The molecule has 0 unspecified atom stereocenters. The van der Waals surface area contributed by atoms with Gasteiger partial charge in [0, 0.05) is 13.1 Å². The highest BCUT2D eigenvalue weighted by molar-refractivity contribution is 5.60. The van der Waals surface area contributed by atoms with Crippen molar-refractivity contribution in [1.82, 2.24) is 15.1 Å². The smallest absolute Gasteiger partial charge is 0.0768 e. The summed E-state index contributed by atoms with van der Waals surface area (Å²) >= 11 is 0. The largest absolute Gasteiger partial charge is 0.314 e. The molecule has 1 aromatic heterocycles. The van der Waals surface area contributed by atoms with Crippen molar-refractivity contribution in [1.29, 1.82) is 0 Å². The van der Waals surface area contributed by atoms with Crippen molar-refractivity contribution < 1.29 is 0 Å². The van der Waals surface area contributed by atoms with Crippen LogP contribution in [0.3, 0.4) is 0 Å². The number of hydrogen-bond acceptors (Lipinski definition) is 2. The third kappa shape index (κ3) is 3.58. The summed E-state index contributed by atoms with van der Waals surface area (Å²) in [7, 11) is 1.98. The maximum Gasteiger partial charge on any atom is 0.0768 e. The fourth-order valence-electron chi connectivity index (χ4n) is 3.45. The number of aryl methyl sites for hydroxylation is 1. The summed E-state index contributed by atoms with van der Waals surface area (Å²) in [5.41, 5.74) is 4.97. The molecule has 0 radical (unpaired) electrons. The van der Waals surface area contributed by atoms with Crippen LogP contribution in [0.2, 0.25) is 0 Å². The summed E-state index contributed by atoms with van der Waals surface area (Å²) in [5, 5.41) is 8.06. The van der Waals surface area contributed by atoms with E-state index in [2.05, 4.69) is 47.3 Å². The van der Waals surface area contributed by atoms with E-state index in [1.165, 1.54) is 48.9 Å². The lowest BCUT2D eigenvalue weighted by molar-refractivity contribution is 0.309. The zero-order valence-corrected chi connectivity index (χ0v) is 13.8. The average molecular weight is 297 g/mol. The molecule has 1 aliphatic carbocycles. The van der Waals surface area contributed by atoms with Crippen LogP contribution in [-0.4, -0.2) is 16.8 Å². The molecule has 1 saturated carbocycles. The Kier molecular flexibility index (Phi) is 4.94. The van der Waals surface area contributed by atoms with Crippen molar-refractivity contribution in [3.05, 3.63) is 41.6 Å². The van der Waals surface area contributed by atoms with E-state index in [1.807, 2.05) is 7.05 Å². The normalized spacial score (nSPS) is 16.1. The number of nitrogens with zero attached hydrogens (tertiary/aromatic N) is 2. The second-order valence-electron chi connectivity index (χ2n) is 6.60. The molecule has 3 heteroatoms. The first kappa shape index (κ1) is 15.3. The summed E-state index contributed by atoms with van der Waals surface area (Å²) in [6.07, 6.45) is 6.89. The van der Waals surface area contributed by atoms with Gasteiger partial charge in [-0.15, -0.1) is 0 Å². The summed E-state index contributed by atoms with van der Waals surface area (Å²) in [6, 6.07) is 11.0. The van der Waals surface area contributed by atoms with E-state index in [0.717, 1.165) is 24.7 Å². The maximum atomic E-state index is 4.85. The van der Waals surface area contributed by atoms with Gasteiger partial charge in [0.1, 0.15) is 0 Å². The molecule has 1 aliphatic rings. The highest BCUT2D eigenvalue weighted by atomic mass is 15.3. The average Bonchev–Trinajstić information content (AvgIpc) is 2.92. The summed E-state index contributed by atoms with van der Waals surface area (Å²) < 4.78 is 2.24. The molecule has 0 aliphatic heterocycles. The third-order valence-corrected chi connectivity index (χ3v) is 4.69. The molecule has 1 heterocycles. The quantitative estimate of drug-likeness (QED) is 0.898. The molecule has 3 nitrogen and oxygen atoms in total. The molecule has 0 amide bonds. The molecule has 3 rings (SSSR count). The van der Waals surface area contributed by atoms with E-state index < -0.39 is 0 Å². The fraction of sp³-hybridized carbons (Fsp3) is 0.526. The van der Waals surface area contributed by atoms with Crippen molar-refractivity contribution in [3.63, 3.8) is 0 Å². The Labute approximate surface area is 133 Å². The van der Waals surface area contributed by atoms with Gasteiger partial charge in [0.05, 0.1) is 11.4 Å². The van der Waals surface area contributed by atoms with Crippen LogP contribution >= 0.6 is 0 Å². The van der Waals surface area contributed by atoms with Gasteiger partial charge in [-0.1, -0.05) is 49.1 Å². The Balaban J connectivity index is 1.87. The lowest BCUT2D eigenvalue weighted by atomic mass is 9.89. The molecule has 0 spiro atoms. The first-order valence-corrected chi connectivity index (χ1v) is 8.54. The van der Waals surface area contributed by atoms with Crippen LogP contribution in [0.1, 0.15) is 43.4 Å². The van der Waals surface area contributed by atoms with Crippen LogP contribution < -0.4 is 5.32 Å². The van der Waals surface area contributed by atoms with Crippen LogP contribution in [-0.2, 0) is 13.1 Å². The fourth-order valence-corrected chi connectivity index (χ4v) is 3.45. The van der Waals surface area contributed by atoms with E-state index in [9.17, 15) is 0 Å². The molecular weight excluding hydrogens is 270 g/mol. The topological polar surface area (TPSA) is 29.9 Å². The number of rotatable bonds is 5. The molecule has 1 fully saturated rings. The third-order valence-electron chi connectivity index (χ3n) is 4.69. The molecule has 0 bridgehead atoms. The van der Waals surface area contributed by atoms with Crippen molar-refractivity contribution in [2.24, 2.45) is 5.92 Å². The zero-order valence-electron chi connectivity index (χ0n) is 13.8. The Bertz CT molecular complexity index is 592. The second-order valence-corrected chi connectivity index (χ2v) is 6.60. The van der Waals surface area contributed by atoms with Gasteiger partial charge in [-0.3, -0.25) is 4.68 Å². The standard InChI is InChI=1S/C19H27N3/c1-15-8-10-17(11-9-15)19-12-18(13-20-2)21-22(19)14-16-6-4-3-5-7-16/h8-12,16,20H,3-7,13-14H2,1-2H3. The van der Waals surface area contributed by atoms with Crippen LogP contribution in [0.25, 0.3) is 11.3 Å². The van der Waals surface area contributed by atoms with Crippen LogP contribution in [0.4, 0.5) is 0 Å². The Morgan fingerprint density at radius 3 is 2.55 bits per heavy atom. The van der Waals surface area contributed by atoms with Crippen molar-refractivity contribution in [2.45, 2.75) is 52.1 Å². The van der Waals surface area contributed by atoms with Crippen LogP contribution in [0.15, 0.2) is 30.3 Å². The van der Waals surface area contributed by atoms with E-state index in [-0.39, 0.29) is 0 Å². The van der Waals surface area contributed by atoms with Gasteiger partial charge in [0.25, 0.3) is 0 Å². The van der Waals surface area contributed by atoms with Gasteiger partial charge in [0.15, 0.2) is 0 Å². The summed E-state index contributed by atoms with van der Waals surface area (Å²) in [4.78, 5) is 0. The maximum absolute atomic E-state index is 4.85. The Morgan fingerprint density at radius 1 is 1.14 bits per heavy atom. The van der Waals surface area contributed by atoms with Crippen molar-refractivity contribution in [2.75, 3.05) is 7.05 Å². The summed E-state index contributed by atoms with van der Waals surface area (Å²) in [6.45, 7) is 4.03. The van der Waals surface area contributed by atoms with Gasteiger partial charge < -0.3 is 5.32 Å². The Morgan fingerprint density at radius 2 is 1.86 bits per heavy atom. The first-order chi connectivity index (χ1) is 10.8. The Hall–Kier alpha value is -1.61. The van der Waals surface area contributed by atoms with Crippen molar-refractivity contribution >= 4 is 0 Å². The van der Waals surface area contributed by atoms with Gasteiger partial charge in [-0.2, -0.15) is 5.10 Å². The minimum absolute atomic E-state index is 0.792. The highest BCUT2D eigenvalue weighted by Gasteiger charge is 2.17. The number of benzene rings is 1. The zero-order chi connectivity index (χ0) is 15.4. The van der Waals surface area contributed by atoms with Crippen molar-refractivity contribution in [3.8, 4) is 11.3 Å². The van der Waals surface area contributed by atoms with E-state index >= 15 is 0 Å². The monoisotopic (exact) mass is 297 g/mol. The van der Waals surface area contributed by atoms with Gasteiger partial charge in [-0.05, 0) is 44.4 Å². The van der Waals surface area contributed by atoms with E-state index in [4.69, 9.17) is 5.10 Å². The molecular formula is C19H27N3. The second kappa shape index (κ2) is 7.10. The number of nitrogens with one attached hydrogen (secondary N) is 1. The summed E-state index contributed by atoms with van der Waals surface area (Å²) in [5.74, 6) is 0.792. The van der Waals surface area contributed by atoms with Gasteiger partial charge in [-0.25, -0.2) is 0 Å². The number of aromatic nitrogens is 2. The predicted octanol–water partition coefficient (Wildman–Crippen LogP) is 4.16. The molecule has 1 aromatic carbocycles. The van der Waals surface area contributed by atoms with E-state index in [0.29, 0.717) is 0 Å². The molecule has 118 valence electrons. The molecule has 22 heavy (non-hydrogen) atoms. The van der Waals surface area contributed by atoms with E-state index in [1.54, 1.807) is 0 Å². The SMILES string of the molecule is CNCc1cc(-c2ccc(C)cc2)n(CC2CCCCC2)n1. The molecule has 0 atom stereocenters. The van der Waals surface area contributed by atoms with Gasteiger partial charge in [0.2, 0.25) is 0 Å². The minimum atomic E-state index is 0.792. The number of hydrogen-bond donors (Lipinski definition) is 1. The minimum Gasteiger partial charge on any atom is -0.314 e. The van der Waals surface area contributed by atoms with Crippen LogP contribution in [0, 0.1) is 12.8 Å². The lowest BCUT2D eigenvalue weighted by Gasteiger charge is -2.22. The van der Waals surface area contributed by atoms with Crippen LogP contribution in [0.5, 0.6) is 0 Å². The van der Waals surface area contributed by atoms with Gasteiger partial charge >= 0.3 is 0 Å². The molecule has 1 N–H and O–H groups in total. The lowest BCUT2D eigenvalue weighted by Crippen LogP contribution is -2.16. The first-order valence-electron chi connectivity index (χ1n) is 8.54.